The summed E-state index contributed by atoms with van der Waals surface area (Å²) < 4.78 is 5.79. The first kappa shape index (κ1) is 14.1. The van der Waals surface area contributed by atoms with E-state index in [9.17, 15) is 0 Å². The maximum Gasteiger partial charge on any atom is 0.183 e. The van der Waals surface area contributed by atoms with Gasteiger partial charge in [-0.2, -0.15) is 0 Å². The second kappa shape index (κ2) is 6.29. The Kier molecular flexibility index (Phi) is 3.85. The van der Waals surface area contributed by atoms with Crippen molar-refractivity contribution in [3.05, 3.63) is 71.9 Å². The Labute approximate surface area is 136 Å². The van der Waals surface area contributed by atoms with Gasteiger partial charge in [0.1, 0.15) is 6.61 Å². The smallest absolute Gasteiger partial charge is 0.183 e. The van der Waals surface area contributed by atoms with Crippen molar-refractivity contribution in [3.8, 4) is 0 Å². The predicted molar refractivity (Wildman–Crippen MR) is 93.9 cm³/mol. The van der Waals surface area contributed by atoms with Gasteiger partial charge in [0.25, 0.3) is 0 Å². The SMILES string of the molecule is c1ccc(C[C@H]2COC(CCc3c[nH]c4ccccc34)=N2)cc1. The second-order valence-corrected chi connectivity index (χ2v) is 6.04. The summed E-state index contributed by atoms with van der Waals surface area (Å²) in [5, 5.41) is 1.30. The molecule has 0 fully saturated rings. The lowest BCUT2D eigenvalue weighted by Gasteiger charge is -2.04. The Hall–Kier alpha value is -2.55. The van der Waals surface area contributed by atoms with Crippen LogP contribution >= 0.6 is 0 Å². The summed E-state index contributed by atoms with van der Waals surface area (Å²) in [6.45, 7) is 0.706. The van der Waals surface area contributed by atoms with Crippen molar-refractivity contribution >= 4 is 16.8 Å². The normalized spacial score (nSPS) is 17.2. The first-order chi connectivity index (χ1) is 11.4. The van der Waals surface area contributed by atoms with E-state index in [4.69, 9.17) is 9.73 Å². The highest BCUT2D eigenvalue weighted by atomic mass is 16.5. The maximum atomic E-state index is 5.79. The molecule has 1 aliphatic heterocycles. The average molecular weight is 304 g/mol. The third kappa shape index (κ3) is 3.14. The van der Waals surface area contributed by atoms with Crippen LogP contribution in [0.5, 0.6) is 0 Å². The van der Waals surface area contributed by atoms with Crippen LogP contribution in [-0.2, 0) is 17.6 Å². The van der Waals surface area contributed by atoms with Crippen LogP contribution in [-0.4, -0.2) is 23.5 Å². The topological polar surface area (TPSA) is 37.4 Å². The molecule has 1 aromatic heterocycles. The Morgan fingerprint density at radius 3 is 2.74 bits per heavy atom. The summed E-state index contributed by atoms with van der Waals surface area (Å²) in [4.78, 5) is 8.07. The second-order valence-electron chi connectivity index (χ2n) is 6.04. The zero-order chi connectivity index (χ0) is 15.5. The fourth-order valence-electron chi connectivity index (χ4n) is 3.18. The quantitative estimate of drug-likeness (QED) is 0.755. The third-order valence-electron chi connectivity index (χ3n) is 4.37. The molecule has 2 heterocycles. The number of rotatable bonds is 5. The van der Waals surface area contributed by atoms with Gasteiger partial charge in [-0.15, -0.1) is 0 Å². The molecule has 3 nitrogen and oxygen atoms in total. The van der Waals surface area contributed by atoms with Crippen LogP contribution < -0.4 is 0 Å². The molecule has 3 aromatic rings. The van der Waals surface area contributed by atoms with Crippen LogP contribution in [0.25, 0.3) is 10.9 Å². The number of benzene rings is 2. The van der Waals surface area contributed by atoms with Crippen molar-refractivity contribution in [1.82, 2.24) is 4.98 Å². The van der Waals surface area contributed by atoms with Crippen molar-refractivity contribution in [3.63, 3.8) is 0 Å². The summed E-state index contributed by atoms with van der Waals surface area (Å²) in [5.74, 6) is 0.899. The molecule has 0 amide bonds. The maximum absolute atomic E-state index is 5.79. The summed E-state index contributed by atoms with van der Waals surface area (Å²) in [5.41, 5.74) is 3.85. The standard InChI is InChI=1S/C20H20N2O/c1-2-6-15(7-3-1)12-17-14-23-20(22-17)11-10-16-13-21-19-9-5-4-8-18(16)19/h1-9,13,17,21H,10-12,14H2/t17-/m0/s1. The van der Waals surface area contributed by atoms with Gasteiger partial charge in [0.15, 0.2) is 5.90 Å². The highest BCUT2D eigenvalue weighted by molar-refractivity contribution is 5.84. The Morgan fingerprint density at radius 2 is 1.83 bits per heavy atom. The molecule has 0 bridgehead atoms. The molecule has 1 aliphatic rings. The number of hydrogen-bond acceptors (Lipinski definition) is 2. The highest BCUT2D eigenvalue weighted by Gasteiger charge is 2.19. The molecule has 0 saturated carbocycles. The number of aromatic nitrogens is 1. The molecule has 0 saturated heterocycles. The van der Waals surface area contributed by atoms with Gasteiger partial charge in [-0.1, -0.05) is 48.5 Å². The van der Waals surface area contributed by atoms with Crippen molar-refractivity contribution in [1.29, 1.82) is 0 Å². The molecular formula is C20H20N2O. The van der Waals surface area contributed by atoms with E-state index in [0.29, 0.717) is 6.61 Å². The van der Waals surface area contributed by atoms with Crippen LogP contribution in [0.1, 0.15) is 17.5 Å². The summed E-state index contributed by atoms with van der Waals surface area (Å²) in [6.07, 6.45) is 4.88. The van der Waals surface area contributed by atoms with Crippen LogP contribution in [0.2, 0.25) is 0 Å². The molecular weight excluding hydrogens is 284 g/mol. The molecule has 0 unspecified atom stereocenters. The van der Waals surface area contributed by atoms with E-state index in [1.807, 2.05) is 6.07 Å². The molecule has 1 atom stereocenters. The third-order valence-corrected chi connectivity index (χ3v) is 4.37. The van der Waals surface area contributed by atoms with Crippen LogP contribution in [0.3, 0.4) is 0 Å². The van der Waals surface area contributed by atoms with Gasteiger partial charge in [-0.05, 0) is 30.0 Å². The number of aliphatic imine (C=N–C) groups is 1. The lowest BCUT2D eigenvalue weighted by molar-refractivity contribution is 0.309. The van der Waals surface area contributed by atoms with Gasteiger partial charge >= 0.3 is 0 Å². The number of para-hydroxylation sites is 1. The Morgan fingerprint density at radius 1 is 1.00 bits per heavy atom. The predicted octanol–water partition coefficient (Wildman–Crippen LogP) is 4.14. The van der Waals surface area contributed by atoms with Gasteiger partial charge in [-0.3, -0.25) is 0 Å². The van der Waals surface area contributed by atoms with E-state index in [1.165, 1.54) is 22.0 Å². The van der Waals surface area contributed by atoms with Gasteiger partial charge in [0, 0.05) is 23.5 Å². The minimum absolute atomic E-state index is 0.260. The van der Waals surface area contributed by atoms with Crippen LogP contribution in [0, 0.1) is 0 Å². The Balaban J connectivity index is 1.39. The number of aromatic amines is 1. The molecule has 3 heteroatoms. The molecule has 23 heavy (non-hydrogen) atoms. The van der Waals surface area contributed by atoms with E-state index in [2.05, 4.69) is 59.7 Å². The van der Waals surface area contributed by atoms with E-state index >= 15 is 0 Å². The fraction of sp³-hybridized carbons (Fsp3) is 0.250. The number of aryl methyl sites for hydroxylation is 1. The first-order valence-corrected chi connectivity index (χ1v) is 8.17. The molecule has 0 spiro atoms. The van der Waals surface area contributed by atoms with E-state index in [0.717, 1.165) is 25.2 Å². The molecule has 2 aromatic carbocycles. The van der Waals surface area contributed by atoms with Crippen LogP contribution in [0.15, 0.2) is 65.8 Å². The molecule has 0 radical (unpaired) electrons. The zero-order valence-electron chi connectivity index (χ0n) is 13.0. The molecule has 4 rings (SSSR count). The van der Waals surface area contributed by atoms with Gasteiger partial charge in [0.2, 0.25) is 0 Å². The number of ether oxygens (including phenoxy) is 1. The van der Waals surface area contributed by atoms with E-state index in [1.54, 1.807) is 0 Å². The first-order valence-electron chi connectivity index (χ1n) is 8.17. The number of nitrogens with zero attached hydrogens (tertiary/aromatic N) is 1. The molecule has 1 N–H and O–H groups in total. The van der Waals surface area contributed by atoms with Crippen LogP contribution in [0.4, 0.5) is 0 Å². The van der Waals surface area contributed by atoms with Crippen molar-refractivity contribution in [2.75, 3.05) is 6.61 Å². The Bertz CT molecular complexity index is 820. The van der Waals surface area contributed by atoms with E-state index in [-0.39, 0.29) is 6.04 Å². The number of nitrogens with one attached hydrogen (secondary N) is 1. The van der Waals surface area contributed by atoms with Crippen molar-refractivity contribution < 1.29 is 4.74 Å². The van der Waals surface area contributed by atoms with Gasteiger partial charge in [-0.25, -0.2) is 4.99 Å². The lowest BCUT2D eigenvalue weighted by Crippen LogP contribution is -2.09. The van der Waals surface area contributed by atoms with Gasteiger partial charge in [0.05, 0.1) is 6.04 Å². The minimum atomic E-state index is 0.260. The fourth-order valence-corrected chi connectivity index (χ4v) is 3.18. The van der Waals surface area contributed by atoms with E-state index < -0.39 is 0 Å². The summed E-state index contributed by atoms with van der Waals surface area (Å²) in [6, 6.07) is 19.2. The minimum Gasteiger partial charge on any atom is -0.479 e. The zero-order valence-corrected chi connectivity index (χ0v) is 13.0. The monoisotopic (exact) mass is 304 g/mol. The lowest BCUT2D eigenvalue weighted by atomic mass is 10.1. The average Bonchev–Trinajstić information content (AvgIpc) is 3.21. The highest BCUT2D eigenvalue weighted by Crippen LogP contribution is 2.20. The van der Waals surface area contributed by atoms with Gasteiger partial charge < -0.3 is 9.72 Å². The van der Waals surface area contributed by atoms with Crippen molar-refractivity contribution in [2.24, 2.45) is 4.99 Å². The molecule has 116 valence electrons. The number of fused-ring (bicyclic) bond motifs is 1. The number of H-pyrrole nitrogens is 1. The molecule has 0 aliphatic carbocycles. The summed E-state index contributed by atoms with van der Waals surface area (Å²) in [7, 11) is 0. The summed E-state index contributed by atoms with van der Waals surface area (Å²) >= 11 is 0. The van der Waals surface area contributed by atoms with Crippen molar-refractivity contribution in [2.45, 2.75) is 25.3 Å². The number of hydrogen-bond donors (Lipinski definition) is 1. The largest absolute Gasteiger partial charge is 0.479 e.